The van der Waals surface area contributed by atoms with Crippen LogP contribution in [0.2, 0.25) is 0 Å². The van der Waals surface area contributed by atoms with Crippen LogP contribution in [-0.2, 0) is 0 Å². The summed E-state index contributed by atoms with van der Waals surface area (Å²) in [6.07, 6.45) is 14.4. The second kappa shape index (κ2) is 9.08. The molecule has 0 heterocycles. The minimum Gasteiger partial charge on any atom is -0.396 e. The summed E-state index contributed by atoms with van der Waals surface area (Å²) < 4.78 is 0. The van der Waals surface area contributed by atoms with E-state index in [-0.39, 0.29) is 6.61 Å². The highest BCUT2D eigenvalue weighted by molar-refractivity contribution is 5.30. The molecule has 0 aromatic rings. The molecule has 3 aliphatic carbocycles. The van der Waals surface area contributed by atoms with Crippen molar-refractivity contribution in [2.24, 2.45) is 22.7 Å². The van der Waals surface area contributed by atoms with Crippen LogP contribution < -0.4 is 0 Å². The molecule has 0 aliphatic heterocycles. The molecule has 29 heavy (non-hydrogen) atoms. The lowest BCUT2D eigenvalue weighted by atomic mass is 9.57. The maximum Gasteiger partial charge on any atom is 0.0812 e. The molecular formula is C26H42O3. The quantitative estimate of drug-likeness (QED) is 0.546. The van der Waals surface area contributed by atoms with Crippen LogP contribution in [0.25, 0.3) is 0 Å². The summed E-state index contributed by atoms with van der Waals surface area (Å²) in [7, 11) is 0. The molecule has 3 nitrogen and oxygen atoms in total. The Hall–Kier alpha value is -0.900. The van der Waals surface area contributed by atoms with Crippen LogP contribution >= 0.6 is 0 Å². The Balaban J connectivity index is 1.76. The van der Waals surface area contributed by atoms with E-state index in [9.17, 15) is 10.2 Å². The van der Waals surface area contributed by atoms with E-state index in [1.807, 2.05) is 0 Å². The van der Waals surface area contributed by atoms with E-state index in [2.05, 4.69) is 39.8 Å². The normalized spacial score (nSPS) is 37.0. The zero-order valence-corrected chi connectivity index (χ0v) is 19.0. The molecule has 0 radical (unpaired) electrons. The van der Waals surface area contributed by atoms with E-state index in [0.29, 0.717) is 41.6 Å². The van der Waals surface area contributed by atoms with Crippen LogP contribution in [-0.4, -0.2) is 34.1 Å². The van der Waals surface area contributed by atoms with Crippen molar-refractivity contribution in [2.45, 2.75) is 97.7 Å². The highest BCUT2D eigenvalue weighted by Crippen LogP contribution is 2.62. The minimum absolute atomic E-state index is 0.0493. The lowest BCUT2D eigenvalue weighted by Gasteiger charge is -2.48. The summed E-state index contributed by atoms with van der Waals surface area (Å²) in [5.74, 6) is 1.47. The molecule has 164 valence electrons. The fourth-order valence-corrected chi connectivity index (χ4v) is 6.67. The molecule has 0 amide bonds. The lowest BCUT2D eigenvalue weighted by molar-refractivity contribution is 0.0435. The van der Waals surface area contributed by atoms with Gasteiger partial charge in [0.1, 0.15) is 0 Å². The van der Waals surface area contributed by atoms with Crippen LogP contribution in [0.1, 0.15) is 85.5 Å². The molecule has 3 saturated carbocycles. The average molecular weight is 403 g/mol. The Labute approximate surface area is 177 Å². The molecule has 0 saturated heterocycles. The third kappa shape index (κ3) is 4.57. The predicted molar refractivity (Wildman–Crippen MR) is 119 cm³/mol. The van der Waals surface area contributed by atoms with Crippen molar-refractivity contribution in [2.75, 3.05) is 6.61 Å². The third-order valence-electron chi connectivity index (χ3n) is 8.54. The van der Waals surface area contributed by atoms with Crippen LogP contribution in [0.15, 0.2) is 34.9 Å². The molecule has 3 N–H and O–H groups in total. The molecule has 3 heteroatoms. The number of aliphatic hydroxyl groups excluding tert-OH is 3. The molecule has 3 fully saturated rings. The topological polar surface area (TPSA) is 60.7 Å². The molecule has 0 spiro atoms. The Morgan fingerprint density at radius 2 is 1.79 bits per heavy atom. The predicted octanol–water partition coefficient (Wildman–Crippen LogP) is 5.32. The molecule has 3 aliphatic rings. The zero-order valence-electron chi connectivity index (χ0n) is 19.0. The second-order valence-electron chi connectivity index (χ2n) is 10.6. The Kier molecular flexibility index (Phi) is 7.13. The summed E-state index contributed by atoms with van der Waals surface area (Å²) >= 11 is 0. The van der Waals surface area contributed by atoms with E-state index in [1.54, 1.807) is 11.6 Å². The van der Waals surface area contributed by atoms with Crippen molar-refractivity contribution in [1.29, 1.82) is 0 Å². The van der Waals surface area contributed by atoms with Crippen LogP contribution in [0.5, 0.6) is 0 Å². The lowest BCUT2D eigenvalue weighted by Crippen LogP contribution is -2.39. The molecule has 0 aromatic carbocycles. The average Bonchev–Trinajstić information content (AvgIpc) is 3.04. The molecule has 0 bridgehead atoms. The van der Waals surface area contributed by atoms with Gasteiger partial charge in [-0.05, 0) is 79.6 Å². The van der Waals surface area contributed by atoms with Crippen molar-refractivity contribution in [1.82, 2.24) is 0 Å². The van der Waals surface area contributed by atoms with Gasteiger partial charge in [-0.1, -0.05) is 63.5 Å². The van der Waals surface area contributed by atoms with E-state index in [0.717, 1.165) is 11.5 Å². The maximum absolute atomic E-state index is 10.4. The van der Waals surface area contributed by atoms with Crippen molar-refractivity contribution < 1.29 is 15.3 Å². The van der Waals surface area contributed by atoms with Gasteiger partial charge in [0.25, 0.3) is 0 Å². The first-order valence-electron chi connectivity index (χ1n) is 11.8. The molecule has 0 unspecified atom stereocenters. The molecule has 3 rings (SSSR count). The van der Waals surface area contributed by atoms with Crippen LogP contribution in [0.4, 0.5) is 0 Å². The summed E-state index contributed by atoms with van der Waals surface area (Å²) in [5, 5.41) is 29.9. The van der Waals surface area contributed by atoms with Gasteiger partial charge in [0.05, 0.1) is 12.2 Å². The number of fused-ring (bicyclic) bond motifs is 1. The van der Waals surface area contributed by atoms with Crippen molar-refractivity contribution in [3.8, 4) is 0 Å². The first-order valence-corrected chi connectivity index (χ1v) is 11.8. The fraction of sp³-hybridized carbons (Fsp3) is 0.769. The molecule has 5 atom stereocenters. The summed E-state index contributed by atoms with van der Waals surface area (Å²) in [6, 6.07) is 0. The van der Waals surface area contributed by atoms with Crippen LogP contribution in [0.3, 0.4) is 0 Å². The number of aliphatic hydroxyl groups is 3. The van der Waals surface area contributed by atoms with Crippen molar-refractivity contribution in [3.05, 3.63) is 34.9 Å². The van der Waals surface area contributed by atoms with Gasteiger partial charge in [-0.25, -0.2) is 0 Å². The zero-order chi connectivity index (χ0) is 21.2. The second-order valence-corrected chi connectivity index (χ2v) is 10.6. The van der Waals surface area contributed by atoms with E-state index in [4.69, 9.17) is 5.11 Å². The molecular weight excluding hydrogens is 360 g/mol. The number of hydrogen-bond acceptors (Lipinski definition) is 3. The first kappa shape index (κ1) is 22.8. The van der Waals surface area contributed by atoms with E-state index < -0.39 is 12.2 Å². The maximum atomic E-state index is 10.4. The number of hydrogen-bond donors (Lipinski definition) is 3. The minimum atomic E-state index is -0.632. The van der Waals surface area contributed by atoms with Gasteiger partial charge in [0, 0.05) is 6.61 Å². The van der Waals surface area contributed by atoms with Gasteiger partial charge in [-0.2, -0.15) is 0 Å². The monoisotopic (exact) mass is 402 g/mol. The van der Waals surface area contributed by atoms with E-state index >= 15 is 0 Å². The first-order chi connectivity index (χ1) is 13.7. The largest absolute Gasteiger partial charge is 0.396 e. The Morgan fingerprint density at radius 3 is 2.41 bits per heavy atom. The number of rotatable bonds is 5. The van der Waals surface area contributed by atoms with Gasteiger partial charge in [-0.3, -0.25) is 0 Å². The number of allylic oxidation sites excluding steroid dienone is 3. The van der Waals surface area contributed by atoms with Crippen molar-refractivity contribution in [3.63, 3.8) is 0 Å². The third-order valence-corrected chi connectivity index (χ3v) is 8.54. The Bertz CT molecular complexity index is 655. The summed E-state index contributed by atoms with van der Waals surface area (Å²) in [6.45, 7) is 9.84. The van der Waals surface area contributed by atoms with E-state index in [1.165, 1.54) is 38.5 Å². The highest BCUT2D eigenvalue weighted by atomic mass is 16.3. The highest BCUT2D eigenvalue weighted by Gasteiger charge is 2.53. The summed E-state index contributed by atoms with van der Waals surface area (Å²) in [4.78, 5) is 0. The van der Waals surface area contributed by atoms with Gasteiger partial charge < -0.3 is 15.3 Å². The fourth-order valence-electron chi connectivity index (χ4n) is 6.67. The summed E-state index contributed by atoms with van der Waals surface area (Å²) in [5.41, 5.74) is 4.21. The van der Waals surface area contributed by atoms with Crippen LogP contribution in [0, 0.1) is 22.7 Å². The smallest absolute Gasteiger partial charge is 0.0812 e. The SMILES string of the molecule is CCC(C)(C)[C@H]1CC[C@H]2/C(=C/C=C3C[C@@H](O)C(=CCCO)[C@H](O)C3)CCC[C@]12C. The standard InChI is InChI=1S/C26H42O3/c1-5-25(2,3)24-13-12-21-19(8-6-14-26(21,24)4)11-10-18-16-22(28)20(9-7-15-27)23(29)17-18/h9-11,21-24,27-29H,5-8,12-17H2,1-4H3/b18-10?,19-11+,20-9?/t21-,22+,23+,24+,26-/m0/s1. The van der Waals surface area contributed by atoms with Gasteiger partial charge in [0.2, 0.25) is 0 Å². The Morgan fingerprint density at radius 1 is 1.10 bits per heavy atom. The molecule has 0 aromatic heterocycles. The van der Waals surface area contributed by atoms with Crippen molar-refractivity contribution >= 4 is 0 Å². The van der Waals surface area contributed by atoms with Gasteiger partial charge in [0.15, 0.2) is 0 Å². The van der Waals surface area contributed by atoms with Gasteiger partial charge >= 0.3 is 0 Å². The van der Waals surface area contributed by atoms with Gasteiger partial charge in [-0.15, -0.1) is 0 Å².